The highest BCUT2D eigenvalue weighted by atomic mass is 16.2. The molecule has 2 aromatic carbocycles. The average molecular weight is 321 g/mol. The number of benzene rings is 2. The molecule has 0 saturated heterocycles. The van der Waals surface area contributed by atoms with E-state index < -0.39 is 0 Å². The monoisotopic (exact) mass is 321 g/mol. The molecular formula is C19H19N3O2. The van der Waals surface area contributed by atoms with Crippen LogP contribution in [0, 0.1) is 0 Å². The largest absolute Gasteiger partial charge is 0.352 e. The normalized spacial score (nSPS) is 11.0. The van der Waals surface area contributed by atoms with Gasteiger partial charge in [0.15, 0.2) is 0 Å². The minimum Gasteiger partial charge on any atom is -0.352 e. The van der Waals surface area contributed by atoms with Gasteiger partial charge in [0, 0.05) is 17.7 Å². The second kappa shape index (κ2) is 6.66. The topological polar surface area (TPSA) is 64.0 Å². The predicted molar refractivity (Wildman–Crippen MR) is 94.7 cm³/mol. The number of hydrogen-bond acceptors (Lipinski definition) is 3. The number of hydrogen-bond donors (Lipinski definition) is 1. The molecule has 0 bridgehead atoms. The molecule has 0 aliphatic rings. The molecule has 1 aromatic heterocycles. The quantitative estimate of drug-likeness (QED) is 0.803. The van der Waals surface area contributed by atoms with Crippen molar-refractivity contribution in [2.75, 3.05) is 0 Å². The molecular weight excluding hydrogens is 302 g/mol. The molecule has 1 heterocycles. The Morgan fingerprint density at radius 1 is 1.08 bits per heavy atom. The lowest BCUT2D eigenvalue weighted by molar-refractivity contribution is -0.122. The van der Waals surface area contributed by atoms with Gasteiger partial charge in [0.1, 0.15) is 6.54 Å². The van der Waals surface area contributed by atoms with Crippen molar-refractivity contribution in [1.82, 2.24) is 15.1 Å². The minimum absolute atomic E-state index is 0.0249. The number of carbonyl (C=O) groups is 1. The van der Waals surface area contributed by atoms with Crippen molar-refractivity contribution in [1.29, 1.82) is 0 Å². The van der Waals surface area contributed by atoms with Gasteiger partial charge in [0.2, 0.25) is 5.91 Å². The van der Waals surface area contributed by atoms with Crippen molar-refractivity contribution >= 4 is 16.7 Å². The Bertz CT molecular complexity index is 944. The molecule has 24 heavy (non-hydrogen) atoms. The highest BCUT2D eigenvalue weighted by Gasteiger charge is 2.09. The number of rotatable bonds is 4. The van der Waals surface area contributed by atoms with Gasteiger partial charge in [-0.2, -0.15) is 5.10 Å². The van der Waals surface area contributed by atoms with E-state index in [1.807, 2.05) is 56.3 Å². The highest BCUT2D eigenvalue weighted by Crippen LogP contribution is 2.22. The van der Waals surface area contributed by atoms with E-state index in [9.17, 15) is 9.59 Å². The van der Waals surface area contributed by atoms with Crippen LogP contribution in [-0.2, 0) is 11.3 Å². The molecule has 0 saturated carbocycles. The van der Waals surface area contributed by atoms with Gasteiger partial charge in [0.05, 0.1) is 5.69 Å². The first kappa shape index (κ1) is 15.9. The van der Waals surface area contributed by atoms with Gasteiger partial charge in [-0.25, -0.2) is 4.68 Å². The third kappa shape index (κ3) is 3.51. The third-order valence-electron chi connectivity index (χ3n) is 3.65. The second-order valence-corrected chi connectivity index (χ2v) is 6.00. The molecule has 1 N–H and O–H groups in total. The first-order valence-corrected chi connectivity index (χ1v) is 7.89. The fourth-order valence-electron chi connectivity index (χ4n) is 2.57. The molecule has 0 aliphatic carbocycles. The molecule has 0 fully saturated rings. The van der Waals surface area contributed by atoms with Crippen molar-refractivity contribution in [3.63, 3.8) is 0 Å². The number of nitrogens with zero attached hydrogens (tertiary/aromatic N) is 2. The molecule has 5 heteroatoms. The van der Waals surface area contributed by atoms with Gasteiger partial charge in [0.25, 0.3) is 5.56 Å². The first-order chi connectivity index (χ1) is 11.5. The smallest absolute Gasteiger partial charge is 0.267 e. The minimum atomic E-state index is -0.293. The molecule has 5 nitrogen and oxygen atoms in total. The van der Waals surface area contributed by atoms with Crippen LogP contribution in [0.3, 0.4) is 0 Å². The number of carbonyl (C=O) groups excluding carboxylic acids is 1. The lowest BCUT2D eigenvalue weighted by Crippen LogP contribution is -2.36. The van der Waals surface area contributed by atoms with Crippen molar-refractivity contribution < 1.29 is 4.79 Å². The van der Waals surface area contributed by atoms with E-state index in [1.54, 1.807) is 6.07 Å². The van der Waals surface area contributed by atoms with E-state index in [2.05, 4.69) is 10.4 Å². The van der Waals surface area contributed by atoms with E-state index in [0.717, 1.165) is 16.3 Å². The Balaban J connectivity index is 1.94. The lowest BCUT2D eigenvalue weighted by atomic mass is 10.1. The zero-order chi connectivity index (χ0) is 17.1. The lowest BCUT2D eigenvalue weighted by Gasteiger charge is -2.10. The third-order valence-corrected chi connectivity index (χ3v) is 3.65. The Labute approximate surface area is 139 Å². The van der Waals surface area contributed by atoms with Crippen LogP contribution in [0.4, 0.5) is 0 Å². The van der Waals surface area contributed by atoms with E-state index in [-0.39, 0.29) is 24.1 Å². The zero-order valence-corrected chi connectivity index (χ0v) is 13.7. The molecule has 0 spiro atoms. The van der Waals surface area contributed by atoms with Crippen LogP contribution in [0.5, 0.6) is 0 Å². The highest BCUT2D eigenvalue weighted by molar-refractivity contribution is 5.86. The number of nitrogens with one attached hydrogen (secondary N) is 1. The predicted octanol–water partition coefficient (Wildman–Crippen LogP) is 2.59. The maximum absolute atomic E-state index is 12.0. The summed E-state index contributed by atoms with van der Waals surface area (Å²) in [7, 11) is 0. The number of aromatic nitrogens is 2. The number of fused-ring (bicyclic) bond motifs is 1. The summed E-state index contributed by atoms with van der Waals surface area (Å²) >= 11 is 0. The Kier molecular flexibility index (Phi) is 4.42. The molecule has 3 rings (SSSR count). The maximum Gasteiger partial charge on any atom is 0.267 e. The van der Waals surface area contributed by atoms with Crippen LogP contribution >= 0.6 is 0 Å². The zero-order valence-electron chi connectivity index (χ0n) is 13.7. The maximum atomic E-state index is 12.0. The summed E-state index contributed by atoms with van der Waals surface area (Å²) in [6.07, 6.45) is 0. The van der Waals surface area contributed by atoms with E-state index in [1.165, 1.54) is 10.7 Å². The second-order valence-electron chi connectivity index (χ2n) is 6.00. The van der Waals surface area contributed by atoms with Crippen molar-refractivity contribution in [3.05, 3.63) is 65.0 Å². The molecule has 0 radical (unpaired) electrons. The van der Waals surface area contributed by atoms with Crippen LogP contribution in [-0.4, -0.2) is 21.7 Å². The van der Waals surface area contributed by atoms with Gasteiger partial charge < -0.3 is 5.32 Å². The van der Waals surface area contributed by atoms with Crippen molar-refractivity contribution in [3.8, 4) is 11.3 Å². The summed E-state index contributed by atoms with van der Waals surface area (Å²) in [6.45, 7) is 3.66. The molecule has 3 aromatic rings. The average Bonchev–Trinajstić information content (AvgIpc) is 2.55. The molecule has 0 atom stereocenters. The van der Waals surface area contributed by atoms with Gasteiger partial charge >= 0.3 is 0 Å². The van der Waals surface area contributed by atoms with Crippen LogP contribution < -0.4 is 10.9 Å². The summed E-state index contributed by atoms with van der Waals surface area (Å²) in [5.74, 6) is -0.227. The Hall–Kier alpha value is -2.95. The van der Waals surface area contributed by atoms with Crippen LogP contribution in [0.1, 0.15) is 13.8 Å². The van der Waals surface area contributed by atoms with Gasteiger partial charge in [-0.3, -0.25) is 9.59 Å². The summed E-state index contributed by atoms with van der Waals surface area (Å²) in [4.78, 5) is 23.8. The number of amides is 1. The van der Waals surface area contributed by atoms with E-state index in [0.29, 0.717) is 5.69 Å². The first-order valence-electron chi connectivity index (χ1n) is 7.89. The van der Waals surface area contributed by atoms with E-state index >= 15 is 0 Å². The van der Waals surface area contributed by atoms with Crippen LogP contribution in [0.2, 0.25) is 0 Å². The molecule has 122 valence electrons. The van der Waals surface area contributed by atoms with Gasteiger partial charge in [-0.15, -0.1) is 0 Å². The summed E-state index contributed by atoms with van der Waals surface area (Å²) in [5, 5.41) is 9.35. The van der Waals surface area contributed by atoms with Gasteiger partial charge in [-0.1, -0.05) is 36.4 Å². The standard InChI is InChI=1S/C19H19N3O2/c1-13(2)20-18(23)12-22-19(24)10-9-17(21-22)16-8-7-14-5-3-4-6-15(14)11-16/h3-11,13H,12H2,1-2H3,(H,20,23). The fourth-order valence-corrected chi connectivity index (χ4v) is 2.57. The molecule has 0 unspecified atom stereocenters. The van der Waals surface area contributed by atoms with Crippen molar-refractivity contribution in [2.45, 2.75) is 26.4 Å². The molecule has 1 amide bonds. The summed E-state index contributed by atoms with van der Waals surface area (Å²) in [6, 6.07) is 17.2. The Morgan fingerprint density at radius 3 is 2.58 bits per heavy atom. The molecule has 0 aliphatic heterocycles. The summed E-state index contributed by atoms with van der Waals surface area (Å²) in [5.41, 5.74) is 1.28. The van der Waals surface area contributed by atoms with E-state index in [4.69, 9.17) is 0 Å². The van der Waals surface area contributed by atoms with Crippen LogP contribution in [0.15, 0.2) is 59.4 Å². The van der Waals surface area contributed by atoms with Crippen molar-refractivity contribution in [2.24, 2.45) is 0 Å². The van der Waals surface area contributed by atoms with Gasteiger partial charge in [-0.05, 0) is 36.8 Å². The SMILES string of the molecule is CC(C)NC(=O)Cn1nc(-c2ccc3ccccc3c2)ccc1=O. The summed E-state index contributed by atoms with van der Waals surface area (Å²) < 4.78 is 1.20. The van der Waals surface area contributed by atoms with Crippen LogP contribution in [0.25, 0.3) is 22.0 Å². The Morgan fingerprint density at radius 2 is 1.83 bits per heavy atom. The fraction of sp³-hybridized carbons (Fsp3) is 0.211.